The Kier molecular flexibility index (Phi) is 6.02. The van der Waals surface area contributed by atoms with Crippen molar-refractivity contribution in [3.05, 3.63) is 91.0 Å². The van der Waals surface area contributed by atoms with Gasteiger partial charge in [0.05, 0.1) is 18.9 Å². The van der Waals surface area contributed by atoms with Gasteiger partial charge in [-0.05, 0) is 50.2 Å². The molecule has 3 aromatic rings. The number of ether oxygens (including phenoxy) is 1. The molecule has 0 bridgehead atoms. The molecule has 0 aliphatic carbocycles. The molecule has 3 aromatic carbocycles. The van der Waals surface area contributed by atoms with E-state index in [1.54, 1.807) is 0 Å². The molecule has 0 saturated carbocycles. The van der Waals surface area contributed by atoms with Crippen molar-refractivity contribution in [3.63, 3.8) is 0 Å². The lowest BCUT2D eigenvalue weighted by atomic mass is 10.4. The third-order valence-electron chi connectivity index (χ3n) is 4.47. The van der Waals surface area contributed by atoms with Crippen LogP contribution in [0.25, 0.3) is 0 Å². The third kappa shape index (κ3) is 4.00. The lowest BCUT2D eigenvalue weighted by Crippen LogP contribution is -2.34. The average molecular weight is 349 g/mol. The van der Waals surface area contributed by atoms with Gasteiger partial charge >= 0.3 is 0 Å². The van der Waals surface area contributed by atoms with Crippen molar-refractivity contribution in [2.24, 2.45) is 0 Å². The summed E-state index contributed by atoms with van der Waals surface area (Å²) in [4.78, 5) is 0. The normalized spacial score (nSPS) is 11.6. The van der Waals surface area contributed by atoms with Crippen molar-refractivity contribution < 1.29 is 4.74 Å². The summed E-state index contributed by atoms with van der Waals surface area (Å²) < 4.78 is 5.99. The highest BCUT2D eigenvalue weighted by atomic mass is 31.2. The molecule has 0 saturated heterocycles. The molecule has 0 radical (unpaired) electrons. The summed E-state index contributed by atoms with van der Waals surface area (Å²) in [5, 5.41) is 4.25. The van der Waals surface area contributed by atoms with Crippen LogP contribution >= 0.6 is 7.26 Å². The molecule has 2 heteroatoms. The van der Waals surface area contributed by atoms with Crippen molar-refractivity contribution >= 4 is 23.2 Å². The zero-order valence-corrected chi connectivity index (χ0v) is 15.9. The molecule has 0 amide bonds. The number of hydrogen-bond acceptors (Lipinski definition) is 1. The summed E-state index contributed by atoms with van der Waals surface area (Å²) in [6.07, 6.45) is 1.27. The summed E-state index contributed by atoms with van der Waals surface area (Å²) in [6.45, 7) is 4.98. The van der Waals surface area contributed by atoms with Crippen LogP contribution in [0.3, 0.4) is 0 Å². The van der Waals surface area contributed by atoms with Gasteiger partial charge in [0.1, 0.15) is 23.2 Å². The van der Waals surface area contributed by atoms with Crippen LogP contribution in [0.4, 0.5) is 0 Å². The van der Waals surface area contributed by atoms with Crippen molar-refractivity contribution in [2.75, 3.05) is 12.8 Å². The van der Waals surface area contributed by atoms with Gasteiger partial charge in [0, 0.05) is 0 Å². The molecular weight excluding hydrogens is 323 g/mol. The second-order valence-electron chi connectivity index (χ2n) is 6.46. The fraction of sp³-hybridized carbons (Fsp3) is 0.217. The number of rotatable bonds is 7. The SMILES string of the molecule is CC(C)OCC[P+](c1ccccc1)(c1ccccc1)c1ccccc1. The first-order chi connectivity index (χ1) is 12.2. The topological polar surface area (TPSA) is 9.23 Å². The monoisotopic (exact) mass is 349 g/mol. The predicted octanol–water partition coefficient (Wildman–Crippen LogP) is 4.41. The fourth-order valence-electron chi connectivity index (χ4n) is 3.31. The van der Waals surface area contributed by atoms with Crippen molar-refractivity contribution in [2.45, 2.75) is 20.0 Å². The van der Waals surface area contributed by atoms with Crippen molar-refractivity contribution in [3.8, 4) is 0 Å². The van der Waals surface area contributed by atoms with E-state index in [0.717, 1.165) is 12.8 Å². The number of hydrogen-bond donors (Lipinski definition) is 0. The molecule has 1 nitrogen and oxygen atoms in total. The molecule has 0 aromatic heterocycles. The summed E-state index contributed by atoms with van der Waals surface area (Å²) >= 11 is 0. The van der Waals surface area contributed by atoms with Gasteiger partial charge in [0.25, 0.3) is 0 Å². The van der Waals surface area contributed by atoms with Gasteiger partial charge in [-0.25, -0.2) is 0 Å². The van der Waals surface area contributed by atoms with Gasteiger partial charge < -0.3 is 4.74 Å². The molecular formula is C23H26OP+. The van der Waals surface area contributed by atoms with E-state index in [1.807, 2.05) is 0 Å². The highest BCUT2D eigenvalue weighted by Crippen LogP contribution is 2.54. The van der Waals surface area contributed by atoms with Crippen LogP contribution in [0.2, 0.25) is 0 Å². The standard InChI is InChI=1S/C23H26OP/c1-20(2)24-18-19-25(21-12-6-3-7-13-21,22-14-8-4-9-15-22)23-16-10-5-11-17-23/h3-17,20H,18-19H2,1-2H3/q+1. The van der Waals surface area contributed by atoms with E-state index < -0.39 is 7.26 Å². The van der Waals surface area contributed by atoms with Gasteiger partial charge in [0.15, 0.2) is 0 Å². The molecule has 0 fully saturated rings. The molecule has 3 rings (SSSR count). The van der Waals surface area contributed by atoms with Crippen LogP contribution in [0.15, 0.2) is 91.0 Å². The first-order valence-electron chi connectivity index (χ1n) is 8.90. The Morgan fingerprint density at radius 2 is 1.00 bits per heavy atom. The lowest BCUT2D eigenvalue weighted by Gasteiger charge is -2.28. The van der Waals surface area contributed by atoms with Crippen LogP contribution in [-0.4, -0.2) is 18.9 Å². The molecule has 0 N–H and O–H groups in total. The van der Waals surface area contributed by atoms with Crippen LogP contribution in [-0.2, 0) is 4.74 Å². The molecule has 0 heterocycles. The van der Waals surface area contributed by atoms with Crippen LogP contribution in [0.1, 0.15) is 13.8 Å². The minimum atomic E-state index is -1.73. The Morgan fingerprint density at radius 3 is 1.32 bits per heavy atom. The molecule has 0 aliphatic rings. The summed E-state index contributed by atoms with van der Waals surface area (Å²) in [7, 11) is -1.73. The molecule has 0 spiro atoms. The average Bonchev–Trinajstić information content (AvgIpc) is 2.67. The van der Waals surface area contributed by atoms with E-state index in [2.05, 4.69) is 105 Å². The molecule has 128 valence electrons. The molecule has 0 unspecified atom stereocenters. The maximum absolute atomic E-state index is 5.99. The molecule has 0 atom stereocenters. The largest absolute Gasteiger partial charge is 0.375 e. The number of benzene rings is 3. The predicted molar refractivity (Wildman–Crippen MR) is 111 cm³/mol. The first-order valence-corrected chi connectivity index (χ1v) is 10.9. The van der Waals surface area contributed by atoms with Crippen LogP contribution < -0.4 is 15.9 Å². The quantitative estimate of drug-likeness (QED) is 0.574. The summed E-state index contributed by atoms with van der Waals surface area (Å²) in [6, 6.07) is 32.9. The van der Waals surface area contributed by atoms with Crippen molar-refractivity contribution in [1.29, 1.82) is 0 Å². The third-order valence-corrected chi connectivity index (χ3v) is 8.86. The smallest absolute Gasteiger partial charge is 0.114 e. The zero-order chi connectivity index (χ0) is 17.5. The molecule has 0 aliphatic heterocycles. The van der Waals surface area contributed by atoms with Gasteiger partial charge in [-0.3, -0.25) is 0 Å². The van der Waals surface area contributed by atoms with E-state index in [0.29, 0.717) is 0 Å². The Hall–Kier alpha value is -1.95. The minimum absolute atomic E-state index is 0.254. The van der Waals surface area contributed by atoms with E-state index in [-0.39, 0.29) is 6.10 Å². The Labute approximate surface area is 152 Å². The van der Waals surface area contributed by atoms with Gasteiger partial charge in [-0.1, -0.05) is 54.6 Å². The van der Waals surface area contributed by atoms with E-state index >= 15 is 0 Å². The minimum Gasteiger partial charge on any atom is -0.375 e. The summed E-state index contributed by atoms with van der Waals surface area (Å²) in [5.41, 5.74) is 0. The zero-order valence-electron chi connectivity index (χ0n) is 15.0. The van der Waals surface area contributed by atoms with Crippen LogP contribution in [0.5, 0.6) is 0 Å². The second kappa shape index (κ2) is 8.43. The fourth-order valence-corrected chi connectivity index (χ4v) is 7.40. The van der Waals surface area contributed by atoms with E-state index in [9.17, 15) is 0 Å². The second-order valence-corrected chi connectivity index (χ2v) is 10.1. The Balaban J connectivity index is 2.16. The van der Waals surface area contributed by atoms with E-state index in [4.69, 9.17) is 4.74 Å². The van der Waals surface area contributed by atoms with Gasteiger partial charge in [0.2, 0.25) is 0 Å². The van der Waals surface area contributed by atoms with E-state index in [1.165, 1.54) is 15.9 Å². The first kappa shape index (κ1) is 17.9. The highest BCUT2D eigenvalue weighted by Gasteiger charge is 2.44. The van der Waals surface area contributed by atoms with Crippen molar-refractivity contribution in [1.82, 2.24) is 0 Å². The highest BCUT2D eigenvalue weighted by molar-refractivity contribution is 7.95. The summed E-state index contributed by atoms with van der Waals surface area (Å²) in [5.74, 6) is 0. The van der Waals surface area contributed by atoms with Crippen LogP contribution in [0, 0.1) is 0 Å². The molecule has 25 heavy (non-hydrogen) atoms. The Morgan fingerprint density at radius 1 is 0.640 bits per heavy atom. The van der Waals surface area contributed by atoms with Gasteiger partial charge in [-0.2, -0.15) is 0 Å². The maximum atomic E-state index is 5.99. The van der Waals surface area contributed by atoms with Gasteiger partial charge in [-0.15, -0.1) is 0 Å². The maximum Gasteiger partial charge on any atom is 0.114 e. The lowest BCUT2D eigenvalue weighted by molar-refractivity contribution is 0.0916. The Bertz CT molecular complexity index is 657.